The van der Waals surface area contributed by atoms with Gasteiger partial charge in [0.15, 0.2) is 0 Å². The second kappa shape index (κ2) is 36.4. The molecule has 0 spiro atoms. The van der Waals surface area contributed by atoms with E-state index in [1.807, 2.05) is 27.2 Å². The van der Waals surface area contributed by atoms with Gasteiger partial charge >= 0.3 is 7.82 Å². The molecule has 9 heteroatoms. The van der Waals surface area contributed by atoms with Crippen molar-refractivity contribution in [1.82, 2.24) is 5.32 Å². The van der Waals surface area contributed by atoms with E-state index in [9.17, 15) is 19.4 Å². The average molecular weight is 770 g/mol. The molecule has 53 heavy (non-hydrogen) atoms. The Hall–Kier alpha value is -1.28. The van der Waals surface area contributed by atoms with Crippen LogP contribution in [0.25, 0.3) is 0 Å². The van der Waals surface area contributed by atoms with Crippen molar-refractivity contribution in [2.45, 2.75) is 199 Å². The molecule has 0 radical (unpaired) electrons. The zero-order valence-electron chi connectivity index (χ0n) is 35.3. The molecule has 0 aliphatic carbocycles. The maximum atomic E-state index is 12.8. The highest BCUT2D eigenvalue weighted by Gasteiger charge is 2.27. The van der Waals surface area contributed by atoms with E-state index in [-0.39, 0.29) is 19.1 Å². The van der Waals surface area contributed by atoms with Gasteiger partial charge in [0, 0.05) is 6.42 Å². The van der Waals surface area contributed by atoms with Crippen LogP contribution >= 0.6 is 7.82 Å². The lowest BCUT2D eigenvalue weighted by Gasteiger charge is -2.25. The first-order valence-electron chi connectivity index (χ1n) is 21.9. The molecule has 312 valence electrons. The number of phosphoric acid groups is 1. The first-order chi connectivity index (χ1) is 25.5. The van der Waals surface area contributed by atoms with Crippen LogP contribution in [0.2, 0.25) is 0 Å². The van der Waals surface area contributed by atoms with Gasteiger partial charge in [0.2, 0.25) is 5.91 Å². The van der Waals surface area contributed by atoms with Crippen LogP contribution in [0.1, 0.15) is 187 Å². The molecule has 0 saturated carbocycles. The summed E-state index contributed by atoms with van der Waals surface area (Å²) in [4.78, 5) is 23.1. The number of phosphoric ester groups is 1. The van der Waals surface area contributed by atoms with Crippen LogP contribution in [-0.4, -0.2) is 73.4 Å². The van der Waals surface area contributed by atoms with Crippen LogP contribution in [0.15, 0.2) is 36.5 Å². The fourth-order valence-corrected chi connectivity index (χ4v) is 6.81. The Kier molecular flexibility index (Phi) is 35.5. The summed E-state index contributed by atoms with van der Waals surface area (Å²) in [5.74, 6) is -0.191. The van der Waals surface area contributed by atoms with Gasteiger partial charge in [-0.25, -0.2) is 4.57 Å². The molecule has 0 saturated heterocycles. The Labute approximate surface area is 327 Å². The predicted molar refractivity (Wildman–Crippen MR) is 226 cm³/mol. The minimum Gasteiger partial charge on any atom is -0.387 e. The zero-order valence-corrected chi connectivity index (χ0v) is 36.1. The lowest BCUT2D eigenvalue weighted by Crippen LogP contribution is -2.45. The number of nitrogens with zero attached hydrogens (tertiary/aromatic N) is 1. The molecule has 3 N–H and O–H groups in total. The topological polar surface area (TPSA) is 105 Å². The molecule has 0 aliphatic heterocycles. The SMILES string of the molecule is CCCCCCC/C=C/CC/C=C/CC/C=C/C(O)C(COP(=O)(O)OCC[N+](C)(C)C)NC(=O)CCCCCCCCCCCCCCCCCC. The zero-order chi connectivity index (χ0) is 39.3. The second-order valence-corrected chi connectivity index (χ2v) is 17.5. The van der Waals surface area contributed by atoms with E-state index in [1.54, 1.807) is 6.08 Å². The molecule has 0 aliphatic rings. The van der Waals surface area contributed by atoms with Crippen molar-refractivity contribution in [2.75, 3.05) is 40.9 Å². The van der Waals surface area contributed by atoms with Crippen molar-refractivity contribution >= 4 is 13.7 Å². The standard InChI is InChI=1S/C44H85N2O6P/c1-6-8-10-12-14-16-18-20-22-24-26-28-30-32-34-36-38-44(48)45-42(41-52-53(49,50)51-40-39-46(3,4)5)43(47)37-35-33-31-29-27-25-23-21-19-17-15-13-11-9-7-2/h19,21,27,29,35,37,42-43,47H,6-18,20,22-26,28,30-34,36,38-41H2,1-5H3,(H-,45,48,49,50)/p+1/b21-19+,29-27+,37-35+. The van der Waals surface area contributed by atoms with Gasteiger partial charge in [-0.2, -0.15) is 0 Å². The fraction of sp³-hybridized carbons (Fsp3) is 0.841. The number of likely N-dealkylation sites (N-methyl/N-ethyl adjacent to an activating group) is 1. The van der Waals surface area contributed by atoms with Crippen LogP contribution < -0.4 is 5.32 Å². The van der Waals surface area contributed by atoms with Crippen molar-refractivity contribution in [3.8, 4) is 0 Å². The quantitative estimate of drug-likeness (QED) is 0.0249. The van der Waals surface area contributed by atoms with E-state index in [0.29, 0.717) is 17.4 Å². The van der Waals surface area contributed by atoms with Gasteiger partial charge in [0.05, 0.1) is 39.9 Å². The Bertz CT molecular complexity index is 964. The lowest BCUT2D eigenvalue weighted by molar-refractivity contribution is -0.870. The van der Waals surface area contributed by atoms with Gasteiger partial charge in [-0.05, 0) is 44.9 Å². The van der Waals surface area contributed by atoms with Gasteiger partial charge in [0.25, 0.3) is 0 Å². The summed E-state index contributed by atoms with van der Waals surface area (Å²) in [6.07, 6.45) is 43.5. The van der Waals surface area contributed by atoms with Gasteiger partial charge < -0.3 is 19.8 Å². The van der Waals surface area contributed by atoms with E-state index in [4.69, 9.17) is 9.05 Å². The molecule has 0 fully saturated rings. The Morgan fingerprint density at radius 3 is 1.51 bits per heavy atom. The fourth-order valence-electron chi connectivity index (χ4n) is 6.07. The van der Waals surface area contributed by atoms with E-state index >= 15 is 0 Å². The summed E-state index contributed by atoms with van der Waals surface area (Å²) in [6, 6.07) is -0.865. The maximum Gasteiger partial charge on any atom is 0.472 e. The summed E-state index contributed by atoms with van der Waals surface area (Å²) in [7, 11) is 1.55. The Balaban J connectivity index is 4.50. The largest absolute Gasteiger partial charge is 0.472 e. The van der Waals surface area contributed by atoms with E-state index < -0.39 is 20.0 Å². The average Bonchev–Trinajstić information content (AvgIpc) is 3.10. The first kappa shape index (κ1) is 51.7. The molecule has 3 unspecified atom stereocenters. The first-order valence-corrected chi connectivity index (χ1v) is 23.4. The number of carbonyl (C=O) groups is 1. The molecule has 3 atom stereocenters. The Morgan fingerprint density at radius 2 is 1.04 bits per heavy atom. The molecule has 0 aromatic carbocycles. The van der Waals surface area contributed by atoms with Crippen LogP contribution in [0, 0.1) is 0 Å². The molecule has 0 heterocycles. The van der Waals surface area contributed by atoms with Gasteiger partial charge in [0.1, 0.15) is 13.2 Å². The molecule has 0 bridgehead atoms. The van der Waals surface area contributed by atoms with E-state index in [1.165, 1.54) is 122 Å². The number of aliphatic hydroxyl groups is 1. The summed E-state index contributed by atoms with van der Waals surface area (Å²) >= 11 is 0. The number of quaternary nitrogens is 1. The Morgan fingerprint density at radius 1 is 0.623 bits per heavy atom. The molecular weight excluding hydrogens is 683 g/mol. The summed E-state index contributed by atoms with van der Waals surface area (Å²) in [5.41, 5.74) is 0. The highest BCUT2D eigenvalue weighted by molar-refractivity contribution is 7.47. The number of unbranched alkanes of at least 4 members (excludes halogenated alkanes) is 22. The highest BCUT2D eigenvalue weighted by Crippen LogP contribution is 2.43. The monoisotopic (exact) mass is 770 g/mol. The number of nitrogens with one attached hydrogen (secondary N) is 1. The van der Waals surface area contributed by atoms with Crippen molar-refractivity contribution in [3.63, 3.8) is 0 Å². The van der Waals surface area contributed by atoms with Crippen LogP contribution in [0.3, 0.4) is 0 Å². The maximum absolute atomic E-state index is 12.8. The minimum atomic E-state index is -4.34. The minimum absolute atomic E-state index is 0.0545. The summed E-state index contributed by atoms with van der Waals surface area (Å²) < 4.78 is 23.5. The van der Waals surface area contributed by atoms with E-state index in [2.05, 4.69) is 43.5 Å². The third kappa shape index (κ3) is 38.8. The number of amides is 1. The smallest absolute Gasteiger partial charge is 0.387 e. The predicted octanol–water partition coefficient (Wildman–Crippen LogP) is 11.9. The number of hydrogen-bond donors (Lipinski definition) is 3. The van der Waals surface area contributed by atoms with Gasteiger partial charge in [-0.15, -0.1) is 0 Å². The molecule has 8 nitrogen and oxygen atoms in total. The highest BCUT2D eigenvalue weighted by atomic mass is 31.2. The van der Waals surface area contributed by atoms with Crippen LogP contribution in [0.5, 0.6) is 0 Å². The van der Waals surface area contributed by atoms with Crippen molar-refractivity contribution in [2.24, 2.45) is 0 Å². The molecule has 1 amide bonds. The summed E-state index contributed by atoms with van der Waals surface area (Å²) in [5, 5.41) is 13.8. The van der Waals surface area contributed by atoms with Crippen molar-refractivity contribution in [3.05, 3.63) is 36.5 Å². The molecule has 0 rings (SSSR count). The number of hydrogen-bond acceptors (Lipinski definition) is 5. The number of carbonyl (C=O) groups excluding carboxylic acids is 1. The third-order valence-corrected chi connectivity index (χ3v) is 10.6. The van der Waals surface area contributed by atoms with Gasteiger partial charge in [-0.1, -0.05) is 172 Å². The number of aliphatic hydroxyl groups excluding tert-OH is 1. The van der Waals surface area contributed by atoms with Crippen LogP contribution in [-0.2, 0) is 18.4 Å². The third-order valence-electron chi connectivity index (χ3n) is 9.59. The van der Waals surface area contributed by atoms with E-state index in [0.717, 1.165) is 44.9 Å². The lowest BCUT2D eigenvalue weighted by atomic mass is 10.0. The number of rotatable bonds is 39. The van der Waals surface area contributed by atoms with Crippen molar-refractivity contribution in [1.29, 1.82) is 0 Å². The number of allylic oxidation sites excluding steroid dienone is 5. The molecule has 0 aromatic rings. The molecular formula is C44H86N2O6P+. The second-order valence-electron chi connectivity index (χ2n) is 16.1. The normalized spacial score (nSPS) is 14.8. The van der Waals surface area contributed by atoms with Gasteiger partial charge in [-0.3, -0.25) is 13.8 Å². The summed E-state index contributed by atoms with van der Waals surface area (Å²) in [6.45, 7) is 4.77. The van der Waals surface area contributed by atoms with Crippen molar-refractivity contribution < 1.29 is 32.9 Å². The molecule has 0 aromatic heterocycles. The van der Waals surface area contributed by atoms with Crippen LogP contribution in [0.4, 0.5) is 0 Å².